The predicted octanol–water partition coefficient (Wildman–Crippen LogP) is 3.21. The number of nitrogens with two attached hydrogens (primary N) is 1. The van der Waals surface area contributed by atoms with E-state index in [1.54, 1.807) is 48.7 Å². The molecular formula is C20H17N7O2. The van der Waals surface area contributed by atoms with Gasteiger partial charge < -0.3 is 21.7 Å². The predicted molar refractivity (Wildman–Crippen MR) is 111 cm³/mol. The number of carbonyl (C=O) groups excluding carboxylic acids is 2. The number of para-hydroxylation sites is 1. The average Bonchev–Trinajstić information content (AvgIpc) is 3.15. The quantitative estimate of drug-likeness (QED) is 0.428. The van der Waals surface area contributed by atoms with Crippen LogP contribution in [0.5, 0.6) is 0 Å². The molecule has 0 saturated heterocycles. The number of aromatic nitrogens is 3. The lowest BCUT2D eigenvalue weighted by Gasteiger charge is -2.10. The maximum absolute atomic E-state index is 12.7. The number of urea groups is 1. The summed E-state index contributed by atoms with van der Waals surface area (Å²) in [6.45, 7) is 0. The van der Waals surface area contributed by atoms with Crippen molar-refractivity contribution >= 4 is 40.3 Å². The van der Waals surface area contributed by atoms with Gasteiger partial charge in [0.1, 0.15) is 11.8 Å². The van der Waals surface area contributed by atoms with E-state index in [0.29, 0.717) is 28.1 Å². The summed E-state index contributed by atoms with van der Waals surface area (Å²) in [5.41, 5.74) is 8.37. The Kier molecular flexibility index (Phi) is 4.77. The van der Waals surface area contributed by atoms with E-state index in [9.17, 15) is 9.59 Å². The normalized spacial score (nSPS) is 10.5. The van der Waals surface area contributed by atoms with E-state index in [1.165, 1.54) is 10.8 Å². The molecule has 3 amide bonds. The van der Waals surface area contributed by atoms with Crippen LogP contribution in [-0.4, -0.2) is 26.5 Å². The monoisotopic (exact) mass is 387 g/mol. The van der Waals surface area contributed by atoms with Gasteiger partial charge in [-0.3, -0.25) is 4.79 Å². The zero-order valence-electron chi connectivity index (χ0n) is 15.2. The lowest BCUT2D eigenvalue weighted by molar-refractivity contribution is 0.102. The summed E-state index contributed by atoms with van der Waals surface area (Å²) in [4.78, 5) is 28.7. The summed E-state index contributed by atoms with van der Waals surface area (Å²) < 4.78 is 1.49. The summed E-state index contributed by atoms with van der Waals surface area (Å²) in [5, 5.41) is 12.3. The topological polar surface area (TPSA) is 126 Å². The molecule has 0 atom stereocenters. The SMILES string of the molecule is Nc1ncnn2ccc(C(=O)Nc3cccc(NC(=O)Nc4ccccc4)c3)c12. The molecule has 144 valence electrons. The molecule has 2 aromatic carbocycles. The first-order valence-electron chi connectivity index (χ1n) is 8.72. The van der Waals surface area contributed by atoms with Crippen molar-refractivity contribution in [1.29, 1.82) is 0 Å². The minimum atomic E-state index is -0.386. The Labute approximate surface area is 165 Å². The van der Waals surface area contributed by atoms with Crippen molar-refractivity contribution in [2.24, 2.45) is 0 Å². The summed E-state index contributed by atoms with van der Waals surface area (Å²) >= 11 is 0. The van der Waals surface area contributed by atoms with Crippen LogP contribution in [0.2, 0.25) is 0 Å². The first-order valence-corrected chi connectivity index (χ1v) is 8.72. The van der Waals surface area contributed by atoms with Crippen LogP contribution >= 0.6 is 0 Å². The number of carbonyl (C=O) groups is 2. The molecule has 9 nitrogen and oxygen atoms in total. The maximum Gasteiger partial charge on any atom is 0.323 e. The molecule has 0 aliphatic carbocycles. The first-order chi connectivity index (χ1) is 14.1. The number of fused-ring (bicyclic) bond motifs is 1. The average molecular weight is 387 g/mol. The van der Waals surface area contributed by atoms with E-state index in [2.05, 4.69) is 26.0 Å². The number of rotatable bonds is 4. The number of benzene rings is 2. The second-order valence-corrected chi connectivity index (χ2v) is 6.15. The number of nitrogens with one attached hydrogen (secondary N) is 3. The van der Waals surface area contributed by atoms with Crippen LogP contribution in [0.1, 0.15) is 10.4 Å². The van der Waals surface area contributed by atoms with Crippen LogP contribution in [0.25, 0.3) is 5.52 Å². The fourth-order valence-corrected chi connectivity index (χ4v) is 2.85. The van der Waals surface area contributed by atoms with Crippen LogP contribution in [0.3, 0.4) is 0 Å². The Morgan fingerprint density at radius 1 is 0.862 bits per heavy atom. The Hall–Kier alpha value is -4.40. The Bertz CT molecular complexity index is 1190. The molecule has 5 N–H and O–H groups in total. The van der Waals surface area contributed by atoms with Crippen LogP contribution < -0.4 is 21.7 Å². The molecular weight excluding hydrogens is 370 g/mol. The lowest BCUT2D eigenvalue weighted by Crippen LogP contribution is -2.19. The number of hydrogen-bond acceptors (Lipinski definition) is 5. The third-order valence-corrected chi connectivity index (χ3v) is 4.14. The molecule has 2 aromatic heterocycles. The molecule has 0 fully saturated rings. The second kappa shape index (κ2) is 7.69. The highest BCUT2D eigenvalue weighted by Crippen LogP contribution is 2.20. The third kappa shape index (κ3) is 3.98. The molecule has 4 aromatic rings. The maximum atomic E-state index is 12.7. The molecule has 29 heavy (non-hydrogen) atoms. The number of amides is 3. The van der Waals surface area contributed by atoms with Gasteiger partial charge in [0, 0.05) is 23.3 Å². The van der Waals surface area contributed by atoms with Crippen molar-refractivity contribution in [2.75, 3.05) is 21.7 Å². The molecule has 2 heterocycles. The fraction of sp³-hybridized carbons (Fsp3) is 0. The van der Waals surface area contributed by atoms with Crippen LogP contribution in [0.15, 0.2) is 73.2 Å². The molecule has 9 heteroatoms. The van der Waals surface area contributed by atoms with Crippen molar-refractivity contribution in [3.63, 3.8) is 0 Å². The highest BCUT2D eigenvalue weighted by Gasteiger charge is 2.15. The minimum Gasteiger partial charge on any atom is -0.382 e. The minimum absolute atomic E-state index is 0.211. The summed E-state index contributed by atoms with van der Waals surface area (Å²) in [5.74, 6) is -0.150. The molecule has 4 rings (SSSR count). The Balaban J connectivity index is 1.47. The molecule has 0 unspecified atom stereocenters. The number of nitrogens with zero attached hydrogens (tertiary/aromatic N) is 3. The third-order valence-electron chi connectivity index (χ3n) is 4.14. The van der Waals surface area contributed by atoms with E-state index < -0.39 is 0 Å². The molecule has 0 radical (unpaired) electrons. The molecule has 0 aliphatic heterocycles. The molecule has 0 saturated carbocycles. The van der Waals surface area contributed by atoms with Gasteiger partial charge in [-0.1, -0.05) is 24.3 Å². The molecule has 0 spiro atoms. The highest BCUT2D eigenvalue weighted by atomic mass is 16.2. The standard InChI is InChI=1S/C20H17N7O2/c21-18-17-16(9-10-27(17)23-12-22-18)19(28)24-14-7-4-8-15(11-14)26-20(29)25-13-5-2-1-3-6-13/h1-12H,(H,24,28)(H2,21,22,23)(H2,25,26,29). The Morgan fingerprint density at radius 3 is 2.34 bits per heavy atom. The molecule has 0 bridgehead atoms. The number of nitrogen functional groups attached to an aromatic ring is 1. The fourth-order valence-electron chi connectivity index (χ4n) is 2.85. The smallest absolute Gasteiger partial charge is 0.323 e. The first kappa shape index (κ1) is 18.0. The van der Waals surface area contributed by atoms with Crippen LogP contribution in [0.4, 0.5) is 27.7 Å². The van der Waals surface area contributed by atoms with E-state index >= 15 is 0 Å². The van der Waals surface area contributed by atoms with Gasteiger partial charge in [0.05, 0.1) is 5.56 Å². The van der Waals surface area contributed by atoms with Gasteiger partial charge in [-0.15, -0.1) is 0 Å². The zero-order chi connectivity index (χ0) is 20.2. The summed E-state index contributed by atoms with van der Waals surface area (Å²) in [7, 11) is 0. The van der Waals surface area contributed by atoms with Crippen molar-refractivity contribution in [3.05, 3.63) is 78.8 Å². The number of hydrogen-bond donors (Lipinski definition) is 4. The highest BCUT2D eigenvalue weighted by molar-refractivity contribution is 6.10. The van der Waals surface area contributed by atoms with Gasteiger partial charge >= 0.3 is 6.03 Å². The molecule has 0 aliphatic rings. The van der Waals surface area contributed by atoms with Gasteiger partial charge in [-0.2, -0.15) is 5.10 Å². The van der Waals surface area contributed by atoms with E-state index in [1.807, 2.05) is 18.2 Å². The van der Waals surface area contributed by atoms with E-state index in [4.69, 9.17) is 5.73 Å². The van der Waals surface area contributed by atoms with Crippen LogP contribution in [-0.2, 0) is 0 Å². The van der Waals surface area contributed by atoms with Crippen molar-refractivity contribution in [1.82, 2.24) is 14.6 Å². The largest absolute Gasteiger partial charge is 0.382 e. The van der Waals surface area contributed by atoms with Gasteiger partial charge in [0.15, 0.2) is 5.82 Å². The van der Waals surface area contributed by atoms with Crippen molar-refractivity contribution < 1.29 is 9.59 Å². The van der Waals surface area contributed by atoms with Crippen molar-refractivity contribution in [3.8, 4) is 0 Å². The van der Waals surface area contributed by atoms with Crippen molar-refractivity contribution in [2.45, 2.75) is 0 Å². The van der Waals surface area contributed by atoms with E-state index in [0.717, 1.165) is 0 Å². The van der Waals surface area contributed by atoms with Crippen LogP contribution in [0, 0.1) is 0 Å². The zero-order valence-corrected chi connectivity index (χ0v) is 15.2. The lowest BCUT2D eigenvalue weighted by atomic mass is 10.2. The summed E-state index contributed by atoms with van der Waals surface area (Å²) in [6.07, 6.45) is 2.95. The number of anilines is 4. The van der Waals surface area contributed by atoms with E-state index in [-0.39, 0.29) is 17.8 Å². The van der Waals surface area contributed by atoms with Gasteiger partial charge in [-0.25, -0.2) is 14.3 Å². The second-order valence-electron chi connectivity index (χ2n) is 6.15. The van der Waals surface area contributed by atoms with Gasteiger partial charge in [0.25, 0.3) is 5.91 Å². The summed E-state index contributed by atoms with van der Waals surface area (Å²) in [6, 6.07) is 17.1. The van der Waals surface area contributed by atoms with Gasteiger partial charge in [-0.05, 0) is 36.4 Å². The Morgan fingerprint density at radius 2 is 1.55 bits per heavy atom. The van der Waals surface area contributed by atoms with Gasteiger partial charge in [0.2, 0.25) is 0 Å².